The van der Waals surface area contributed by atoms with Crippen LogP contribution in [0.4, 0.5) is 0 Å². The van der Waals surface area contributed by atoms with Crippen molar-refractivity contribution in [2.45, 2.75) is 18.4 Å². The van der Waals surface area contributed by atoms with Crippen molar-refractivity contribution >= 4 is 28.7 Å². The SMILES string of the molecule is COC1(C(=O)c2sccc2Cl)CCOCC1. The molecule has 0 unspecified atom stereocenters. The Bertz CT molecular complexity index is 382. The Morgan fingerprint density at radius 1 is 1.56 bits per heavy atom. The molecule has 1 aromatic heterocycles. The molecular formula is C11H13ClO3S. The van der Waals surface area contributed by atoms with Gasteiger partial charge in [-0.15, -0.1) is 11.3 Å². The molecule has 0 spiro atoms. The first-order valence-electron chi connectivity index (χ1n) is 5.10. The third kappa shape index (κ3) is 2.02. The number of methoxy groups -OCH3 is 1. The smallest absolute Gasteiger partial charge is 0.206 e. The number of thiophene rings is 1. The molecule has 0 radical (unpaired) electrons. The Kier molecular flexibility index (Phi) is 3.64. The van der Waals surface area contributed by atoms with Crippen molar-refractivity contribution in [3.8, 4) is 0 Å². The van der Waals surface area contributed by atoms with E-state index in [4.69, 9.17) is 21.1 Å². The summed E-state index contributed by atoms with van der Waals surface area (Å²) in [5.41, 5.74) is -0.743. The van der Waals surface area contributed by atoms with Crippen LogP contribution < -0.4 is 0 Å². The zero-order valence-electron chi connectivity index (χ0n) is 8.99. The molecule has 0 saturated carbocycles. The fourth-order valence-electron chi connectivity index (χ4n) is 1.89. The topological polar surface area (TPSA) is 35.5 Å². The van der Waals surface area contributed by atoms with Crippen molar-refractivity contribution < 1.29 is 14.3 Å². The van der Waals surface area contributed by atoms with Crippen LogP contribution in [0.25, 0.3) is 0 Å². The first-order chi connectivity index (χ1) is 7.69. The van der Waals surface area contributed by atoms with Gasteiger partial charge in [0.1, 0.15) is 5.60 Å². The van der Waals surface area contributed by atoms with Gasteiger partial charge in [-0.25, -0.2) is 0 Å². The molecule has 0 N–H and O–H groups in total. The number of ketones is 1. The average Bonchev–Trinajstić information content (AvgIpc) is 2.75. The lowest BCUT2D eigenvalue weighted by atomic mass is 9.88. The third-order valence-corrected chi connectivity index (χ3v) is 4.27. The van der Waals surface area contributed by atoms with Gasteiger partial charge in [-0.2, -0.15) is 0 Å². The first-order valence-corrected chi connectivity index (χ1v) is 6.36. The van der Waals surface area contributed by atoms with Gasteiger partial charge in [0.05, 0.1) is 9.90 Å². The van der Waals surface area contributed by atoms with Gasteiger partial charge in [0.15, 0.2) is 0 Å². The lowest BCUT2D eigenvalue weighted by Crippen LogP contribution is -2.45. The summed E-state index contributed by atoms with van der Waals surface area (Å²) >= 11 is 7.34. The fourth-order valence-corrected chi connectivity index (χ4v) is 3.06. The molecule has 1 fully saturated rings. The summed E-state index contributed by atoms with van der Waals surface area (Å²) in [4.78, 5) is 13.0. The molecule has 2 heterocycles. The Morgan fingerprint density at radius 3 is 2.75 bits per heavy atom. The summed E-state index contributed by atoms with van der Waals surface area (Å²) in [6, 6.07) is 1.74. The van der Waals surface area contributed by atoms with E-state index in [-0.39, 0.29) is 5.78 Å². The Morgan fingerprint density at radius 2 is 2.25 bits per heavy atom. The third-order valence-electron chi connectivity index (χ3n) is 2.93. The van der Waals surface area contributed by atoms with E-state index >= 15 is 0 Å². The highest BCUT2D eigenvalue weighted by molar-refractivity contribution is 7.12. The molecular weight excluding hydrogens is 248 g/mol. The second kappa shape index (κ2) is 4.84. The highest BCUT2D eigenvalue weighted by Gasteiger charge is 2.41. The highest BCUT2D eigenvalue weighted by atomic mass is 35.5. The monoisotopic (exact) mass is 260 g/mol. The summed E-state index contributed by atoms with van der Waals surface area (Å²) in [5.74, 6) is -0.0155. The minimum Gasteiger partial charge on any atom is -0.381 e. The van der Waals surface area contributed by atoms with Crippen molar-refractivity contribution in [2.24, 2.45) is 0 Å². The van der Waals surface area contributed by atoms with E-state index in [1.165, 1.54) is 11.3 Å². The summed E-state index contributed by atoms with van der Waals surface area (Å²) in [7, 11) is 1.57. The van der Waals surface area contributed by atoms with Crippen molar-refractivity contribution in [3.63, 3.8) is 0 Å². The normalized spacial score (nSPS) is 19.6. The zero-order valence-corrected chi connectivity index (χ0v) is 10.6. The minimum absolute atomic E-state index is 0.0155. The lowest BCUT2D eigenvalue weighted by Gasteiger charge is -2.34. The number of halogens is 1. The maximum atomic E-state index is 12.4. The Labute approximate surface area is 103 Å². The molecule has 2 rings (SSSR count). The van der Waals surface area contributed by atoms with Crippen LogP contribution in [0.2, 0.25) is 5.02 Å². The number of rotatable bonds is 3. The molecule has 5 heteroatoms. The summed E-state index contributed by atoms with van der Waals surface area (Å²) in [6.45, 7) is 1.12. The molecule has 16 heavy (non-hydrogen) atoms. The second-order valence-electron chi connectivity index (χ2n) is 3.74. The quantitative estimate of drug-likeness (QED) is 0.784. The van der Waals surface area contributed by atoms with Crippen LogP contribution in [0.1, 0.15) is 22.5 Å². The van der Waals surface area contributed by atoms with Gasteiger partial charge in [0.2, 0.25) is 5.78 Å². The van der Waals surface area contributed by atoms with E-state index in [1.54, 1.807) is 13.2 Å². The molecule has 0 aromatic carbocycles. The van der Waals surface area contributed by atoms with Crippen molar-refractivity contribution in [1.82, 2.24) is 0 Å². The van der Waals surface area contributed by atoms with Crippen LogP contribution in [-0.4, -0.2) is 31.7 Å². The molecule has 0 amide bonds. The number of hydrogen-bond donors (Lipinski definition) is 0. The summed E-state index contributed by atoms with van der Waals surface area (Å²) in [5, 5.41) is 2.33. The molecule has 1 aliphatic rings. The maximum absolute atomic E-state index is 12.4. The lowest BCUT2D eigenvalue weighted by molar-refractivity contribution is -0.0661. The van der Waals surface area contributed by atoms with E-state index in [0.29, 0.717) is 36.0 Å². The van der Waals surface area contributed by atoms with E-state index < -0.39 is 5.60 Å². The van der Waals surface area contributed by atoms with E-state index in [2.05, 4.69) is 0 Å². The Hall–Kier alpha value is -0.420. The van der Waals surface area contributed by atoms with Crippen LogP contribution >= 0.6 is 22.9 Å². The van der Waals surface area contributed by atoms with Crippen molar-refractivity contribution in [2.75, 3.05) is 20.3 Å². The van der Waals surface area contributed by atoms with Gasteiger partial charge in [0, 0.05) is 33.2 Å². The Balaban J connectivity index is 2.28. The van der Waals surface area contributed by atoms with E-state index in [9.17, 15) is 4.79 Å². The van der Waals surface area contributed by atoms with Gasteiger partial charge >= 0.3 is 0 Å². The number of ether oxygens (including phenoxy) is 2. The molecule has 0 atom stereocenters. The predicted molar refractivity (Wildman–Crippen MR) is 63.5 cm³/mol. The predicted octanol–water partition coefficient (Wildman–Crippen LogP) is 2.78. The van der Waals surface area contributed by atoms with E-state index in [0.717, 1.165) is 0 Å². The van der Waals surface area contributed by atoms with Crippen molar-refractivity contribution in [3.05, 3.63) is 21.3 Å². The molecule has 0 bridgehead atoms. The summed E-state index contributed by atoms with van der Waals surface area (Å²) < 4.78 is 10.7. The van der Waals surface area contributed by atoms with Crippen LogP contribution in [0.3, 0.4) is 0 Å². The summed E-state index contributed by atoms with van der Waals surface area (Å²) in [6.07, 6.45) is 1.19. The fraction of sp³-hybridized carbons (Fsp3) is 0.545. The molecule has 0 aliphatic carbocycles. The standard InChI is InChI=1S/C11H13ClO3S/c1-14-11(3-5-15-6-4-11)10(13)9-8(12)2-7-16-9/h2,7H,3-6H2,1H3. The molecule has 3 nitrogen and oxygen atoms in total. The molecule has 1 aromatic rings. The molecule has 88 valence electrons. The largest absolute Gasteiger partial charge is 0.381 e. The van der Waals surface area contributed by atoms with Gasteiger partial charge in [-0.05, 0) is 11.4 Å². The highest BCUT2D eigenvalue weighted by Crippen LogP contribution is 2.33. The van der Waals surface area contributed by atoms with Gasteiger partial charge in [-0.1, -0.05) is 11.6 Å². The molecule has 1 saturated heterocycles. The molecule has 1 aliphatic heterocycles. The van der Waals surface area contributed by atoms with Crippen LogP contribution in [0.15, 0.2) is 11.4 Å². The number of hydrogen-bond acceptors (Lipinski definition) is 4. The van der Waals surface area contributed by atoms with Gasteiger partial charge in [-0.3, -0.25) is 4.79 Å². The van der Waals surface area contributed by atoms with Crippen LogP contribution in [0, 0.1) is 0 Å². The average molecular weight is 261 g/mol. The number of carbonyl (C=O) groups excluding carboxylic acids is 1. The zero-order chi connectivity index (χ0) is 11.6. The van der Waals surface area contributed by atoms with Crippen molar-refractivity contribution in [1.29, 1.82) is 0 Å². The maximum Gasteiger partial charge on any atom is 0.206 e. The van der Waals surface area contributed by atoms with E-state index in [1.807, 2.05) is 5.38 Å². The second-order valence-corrected chi connectivity index (χ2v) is 5.06. The minimum atomic E-state index is -0.743. The number of carbonyl (C=O) groups is 1. The van der Waals surface area contributed by atoms with Gasteiger partial charge in [0.25, 0.3) is 0 Å². The first kappa shape index (κ1) is 12.0. The van der Waals surface area contributed by atoms with Crippen LogP contribution in [-0.2, 0) is 9.47 Å². The van der Waals surface area contributed by atoms with Gasteiger partial charge < -0.3 is 9.47 Å². The number of Topliss-reactive ketones (excluding diaryl/α,β-unsaturated/α-hetero) is 1. The van der Waals surface area contributed by atoms with Crippen LogP contribution in [0.5, 0.6) is 0 Å².